The van der Waals surface area contributed by atoms with Crippen molar-refractivity contribution in [2.24, 2.45) is 23.2 Å². The summed E-state index contributed by atoms with van der Waals surface area (Å²) in [5.74, 6) is -1.55. The number of carbonyl (C=O) groups excluding carboxylic acids is 5. The van der Waals surface area contributed by atoms with E-state index in [9.17, 15) is 24.0 Å². The maximum absolute atomic E-state index is 14.0. The first-order valence-electron chi connectivity index (χ1n) is 14.7. The van der Waals surface area contributed by atoms with Crippen molar-refractivity contribution in [2.45, 2.75) is 65.0 Å². The number of esters is 1. The molecule has 3 N–H and O–H groups in total. The van der Waals surface area contributed by atoms with Crippen molar-refractivity contribution < 1.29 is 33.4 Å². The molecule has 3 amide bonds. The van der Waals surface area contributed by atoms with Crippen LogP contribution in [0.15, 0.2) is 24.3 Å². The van der Waals surface area contributed by atoms with Gasteiger partial charge in [0, 0.05) is 29.9 Å². The fraction of sp³-hybridized carbons (Fsp3) is 0.581. The smallest absolute Gasteiger partial charge is 0.311 e. The molecule has 5 atom stereocenters. The number of rotatable bonds is 9. The average molecular weight is 581 g/mol. The van der Waals surface area contributed by atoms with E-state index in [2.05, 4.69) is 15.6 Å². The summed E-state index contributed by atoms with van der Waals surface area (Å²) in [6.45, 7) is 5.51. The summed E-state index contributed by atoms with van der Waals surface area (Å²) >= 11 is 0. The van der Waals surface area contributed by atoms with Gasteiger partial charge >= 0.3 is 5.97 Å². The molecule has 0 spiro atoms. The fourth-order valence-corrected chi connectivity index (χ4v) is 6.56. The van der Waals surface area contributed by atoms with Gasteiger partial charge in [-0.15, -0.1) is 0 Å². The molecule has 3 aliphatic rings. The lowest BCUT2D eigenvalue weighted by atomic mass is 9.92. The van der Waals surface area contributed by atoms with Gasteiger partial charge in [-0.3, -0.25) is 24.0 Å². The SMILES string of the molecule is COc1cccc2[nH]c(C(=O)N3C[C@@H]4CCC[C@@H]4[C@H]3C(=O)N[C@@H](C[C@@H]3CCNC3=O)C(=O)COC(=O)C(C)(C)C)cc12. The molecule has 0 radical (unpaired) electrons. The van der Waals surface area contributed by atoms with Crippen molar-refractivity contribution in [2.75, 3.05) is 26.8 Å². The number of fused-ring (bicyclic) bond motifs is 2. The van der Waals surface area contributed by atoms with Gasteiger partial charge in [0.1, 0.15) is 17.5 Å². The predicted octanol–water partition coefficient (Wildman–Crippen LogP) is 2.59. The van der Waals surface area contributed by atoms with Crippen LogP contribution in [0.5, 0.6) is 5.75 Å². The average Bonchev–Trinajstić information content (AvgIpc) is 3.73. The molecular weight excluding hydrogens is 540 g/mol. The molecule has 1 saturated carbocycles. The largest absolute Gasteiger partial charge is 0.496 e. The van der Waals surface area contributed by atoms with Crippen LogP contribution in [0, 0.1) is 23.2 Å². The molecular formula is C31H40N4O7. The lowest BCUT2D eigenvalue weighted by Crippen LogP contribution is -2.54. The van der Waals surface area contributed by atoms with Crippen molar-refractivity contribution in [3.63, 3.8) is 0 Å². The van der Waals surface area contributed by atoms with Gasteiger partial charge < -0.3 is 30.0 Å². The molecule has 1 aromatic carbocycles. The molecule has 3 heterocycles. The Balaban J connectivity index is 1.37. The second-order valence-electron chi connectivity index (χ2n) is 12.7. The zero-order chi connectivity index (χ0) is 30.2. The van der Waals surface area contributed by atoms with E-state index in [0.717, 1.165) is 30.2 Å². The Bertz CT molecular complexity index is 1390. The van der Waals surface area contributed by atoms with Gasteiger partial charge in [0.25, 0.3) is 5.91 Å². The standard InChI is InChI=1S/C31H40N4O7/c1-31(2,3)30(40)42-16-24(36)22(13-17-11-12-32-27(17)37)34-28(38)26-19-8-5-7-18(19)15-35(26)29(39)23-14-20-21(33-23)9-6-10-25(20)41-4/h6,9-10,14,17-19,22,26,33H,5,7-8,11-13,15-16H2,1-4H3,(H,32,37)(H,34,38)/t17-,18-,19-,22-,26-/m0/s1. The van der Waals surface area contributed by atoms with Crippen molar-refractivity contribution in [1.29, 1.82) is 0 Å². The van der Waals surface area contributed by atoms with E-state index in [0.29, 0.717) is 31.0 Å². The molecule has 5 rings (SSSR count). The number of ether oxygens (including phenoxy) is 2. The third kappa shape index (κ3) is 5.87. The van der Waals surface area contributed by atoms with Gasteiger partial charge in [-0.1, -0.05) is 12.5 Å². The minimum Gasteiger partial charge on any atom is -0.496 e. The van der Waals surface area contributed by atoms with E-state index in [1.54, 1.807) is 38.8 Å². The van der Waals surface area contributed by atoms with E-state index in [4.69, 9.17) is 9.47 Å². The zero-order valence-electron chi connectivity index (χ0n) is 24.7. The quantitative estimate of drug-likeness (QED) is 0.386. The van der Waals surface area contributed by atoms with Gasteiger partial charge in [-0.05, 0) is 76.5 Å². The number of nitrogens with zero attached hydrogens (tertiary/aromatic N) is 1. The molecule has 1 aliphatic carbocycles. The summed E-state index contributed by atoms with van der Waals surface area (Å²) < 4.78 is 10.7. The number of Topliss-reactive ketones (excluding diaryl/α,β-unsaturated/α-hetero) is 1. The Morgan fingerprint density at radius 2 is 1.93 bits per heavy atom. The summed E-state index contributed by atoms with van der Waals surface area (Å²) in [7, 11) is 1.57. The Kier molecular flexibility index (Phi) is 8.30. The Morgan fingerprint density at radius 1 is 1.14 bits per heavy atom. The number of amides is 3. The Hall–Kier alpha value is -3.89. The number of aromatic nitrogens is 1. The van der Waals surface area contributed by atoms with Gasteiger partial charge in [0.05, 0.1) is 18.6 Å². The van der Waals surface area contributed by atoms with Crippen LogP contribution in [0.3, 0.4) is 0 Å². The first kappa shape index (κ1) is 29.6. The van der Waals surface area contributed by atoms with Gasteiger partial charge in [-0.25, -0.2) is 0 Å². The van der Waals surface area contributed by atoms with Crippen LogP contribution >= 0.6 is 0 Å². The van der Waals surface area contributed by atoms with Crippen molar-refractivity contribution in [3.8, 4) is 5.75 Å². The highest BCUT2D eigenvalue weighted by atomic mass is 16.5. The summed E-state index contributed by atoms with van der Waals surface area (Å²) in [6.07, 6.45) is 3.34. The van der Waals surface area contributed by atoms with E-state index < -0.39 is 47.7 Å². The van der Waals surface area contributed by atoms with E-state index in [1.807, 2.05) is 18.2 Å². The highest BCUT2D eigenvalue weighted by Crippen LogP contribution is 2.43. The maximum Gasteiger partial charge on any atom is 0.311 e. The molecule has 1 aromatic heterocycles. The molecule has 2 saturated heterocycles. The number of aromatic amines is 1. The summed E-state index contributed by atoms with van der Waals surface area (Å²) in [5.41, 5.74) is 0.319. The van der Waals surface area contributed by atoms with Crippen LogP contribution in [0.4, 0.5) is 0 Å². The topological polar surface area (TPSA) is 147 Å². The summed E-state index contributed by atoms with van der Waals surface area (Å²) in [6, 6.07) is 5.47. The number of methoxy groups -OCH3 is 1. The Morgan fingerprint density at radius 3 is 2.62 bits per heavy atom. The molecule has 2 aliphatic heterocycles. The highest BCUT2D eigenvalue weighted by Gasteiger charge is 2.50. The summed E-state index contributed by atoms with van der Waals surface area (Å²) in [5, 5.41) is 6.42. The van der Waals surface area contributed by atoms with Crippen LogP contribution in [0.25, 0.3) is 10.9 Å². The minimum absolute atomic E-state index is 0.0304. The molecule has 226 valence electrons. The minimum atomic E-state index is -1.03. The summed E-state index contributed by atoms with van der Waals surface area (Å²) in [4.78, 5) is 70.6. The maximum atomic E-state index is 14.0. The Labute approximate surface area is 245 Å². The molecule has 0 bridgehead atoms. The van der Waals surface area contributed by atoms with Gasteiger partial charge in [0.2, 0.25) is 11.8 Å². The van der Waals surface area contributed by atoms with Crippen molar-refractivity contribution >= 4 is 40.4 Å². The first-order valence-corrected chi connectivity index (χ1v) is 14.7. The predicted molar refractivity (Wildman–Crippen MR) is 154 cm³/mol. The number of ketones is 1. The van der Waals surface area contributed by atoms with Gasteiger partial charge in [-0.2, -0.15) is 0 Å². The number of H-pyrrole nitrogens is 1. The van der Waals surface area contributed by atoms with Crippen molar-refractivity contribution in [1.82, 2.24) is 20.5 Å². The van der Waals surface area contributed by atoms with Crippen LogP contribution in [0.1, 0.15) is 63.4 Å². The van der Waals surface area contributed by atoms with Crippen LogP contribution < -0.4 is 15.4 Å². The fourth-order valence-electron chi connectivity index (χ4n) is 6.56. The van der Waals surface area contributed by atoms with E-state index >= 15 is 0 Å². The number of carbonyl (C=O) groups is 5. The zero-order valence-corrected chi connectivity index (χ0v) is 24.7. The lowest BCUT2D eigenvalue weighted by Gasteiger charge is -2.29. The molecule has 0 unspecified atom stereocenters. The third-order valence-corrected chi connectivity index (χ3v) is 8.84. The number of nitrogens with one attached hydrogen (secondary N) is 3. The molecule has 3 fully saturated rings. The van der Waals surface area contributed by atoms with Crippen LogP contribution in [-0.2, 0) is 23.9 Å². The van der Waals surface area contributed by atoms with Crippen LogP contribution in [0.2, 0.25) is 0 Å². The molecule has 2 aromatic rings. The first-order chi connectivity index (χ1) is 20.0. The normalized spacial score (nSPS) is 24.3. The highest BCUT2D eigenvalue weighted by molar-refractivity contribution is 6.02. The lowest BCUT2D eigenvalue weighted by molar-refractivity contribution is -0.156. The number of hydrogen-bond donors (Lipinski definition) is 3. The van der Waals surface area contributed by atoms with Crippen molar-refractivity contribution in [3.05, 3.63) is 30.0 Å². The second kappa shape index (κ2) is 11.8. The number of likely N-dealkylation sites (tertiary alicyclic amines) is 1. The number of benzene rings is 1. The van der Waals surface area contributed by atoms with E-state index in [-0.39, 0.29) is 30.1 Å². The van der Waals surface area contributed by atoms with Crippen LogP contribution in [-0.4, -0.2) is 78.2 Å². The number of hydrogen-bond acceptors (Lipinski definition) is 7. The molecule has 11 nitrogen and oxygen atoms in total. The van der Waals surface area contributed by atoms with E-state index in [1.165, 1.54) is 0 Å². The third-order valence-electron chi connectivity index (χ3n) is 8.84. The molecule has 11 heteroatoms. The molecule has 42 heavy (non-hydrogen) atoms. The monoisotopic (exact) mass is 580 g/mol. The second-order valence-corrected chi connectivity index (χ2v) is 12.7. The van der Waals surface area contributed by atoms with Gasteiger partial charge in [0.15, 0.2) is 12.4 Å².